The molecule has 0 radical (unpaired) electrons. The molecule has 8 nitrogen and oxygen atoms in total. The Morgan fingerprint density at radius 1 is 1.02 bits per heavy atom. The number of ether oxygens (including phenoxy) is 2. The van der Waals surface area contributed by atoms with Crippen LogP contribution < -0.4 is 20.1 Å². The number of aromatic nitrogens is 3. The van der Waals surface area contributed by atoms with Gasteiger partial charge in [-0.2, -0.15) is 4.98 Å². The Balaban J connectivity index is 1.71. The molecule has 1 amide bonds. The Kier molecular flexibility index (Phi) is 10.5. The van der Waals surface area contributed by atoms with Crippen LogP contribution in [0, 0.1) is 6.92 Å². The maximum atomic E-state index is 13.8. The number of hydrogen-bond donors (Lipinski definition) is 2. The highest BCUT2D eigenvalue weighted by molar-refractivity contribution is 7.99. The van der Waals surface area contributed by atoms with Crippen molar-refractivity contribution in [3.05, 3.63) is 64.9 Å². The summed E-state index contributed by atoms with van der Waals surface area (Å²) >= 11 is 1.61. The van der Waals surface area contributed by atoms with Crippen molar-refractivity contribution in [2.24, 2.45) is 0 Å². The van der Waals surface area contributed by atoms with Crippen molar-refractivity contribution in [1.82, 2.24) is 14.8 Å². The zero-order valence-electron chi connectivity index (χ0n) is 24.3. The number of rotatable bonds is 14. The SMILES string of the molecule is CCCCCCOc1ccc(C2C(C(=O)Nc3cccc(C)c3)=C(C)Nc3nc(SCCC)nn32)cc1OCC. The van der Waals surface area contributed by atoms with Crippen molar-refractivity contribution in [3.63, 3.8) is 0 Å². The first-order chi connectivity index (χ1) is 19.4. The molecule has 1 unspecified atom stereocenters. The monoisotopic (exact) mass is 563 g/mol. The lowest BCUT2D eigenvalue weighted by atomic mass is 9.94. The minimum atomic E-state index is -0.498. The topological polar surface area (TPSA) is 90.3 Å². The number of aryl methyl sites for hydroxylation is 1. The largest absolute Gasteiger partial charge is 0.490 e. The molecule has 9 heteroatoms. The number of benzene rings is 2. The van der Waals surface area contributed by atoms with Crippen LogP contribution in [0.4, 0.5) is 11.6 Å². The molecule has 40 heavy (non-hydrogen) atoms. The lowest BCUT2D eigenvalue weighted by molar-refractivity contribution is -0.113. The first kappa shape index (κ1) is 29.5. The third-order valence-corrected chi connectivity index (χ3v) is 7.67. The third kappa shape index (κ3) is 7.18. The molecule has 0 bridgehead atoms. The molecule has 2 heterocycles. The number of unbranched alkanes of at least 4 members (excludes halogenated alkanes) is 3. The van der Waals surface area contributed by atoms with Crippen LogP contribution in [0.25, 0.3) is 0 Å². The van der Waals surface area contributed by atoms with E-state index in [0.29, 0.717) is 41.4 Å². The number of fused-ring (bicyclic) bond motifs is 1. The maximum Gasteiger partial charge on any atom is 0.255 e. The first-order valence-electron chi connectivity index (χ1n) is 14.3. The number of anilines is 2. The second-order valence-electron chi connectivity index (χ2n) is 9.95. The summed E-state index contributed by atoms with van der Waals surface area (Å²) in [6.07, 6.45) is 5.55. The number of nitrogens with zero attached hydrogens (tertiary/aromatic N) is 3. The van der Waals surface area contributed by atoms with Gasteiger partial charge in [-0.05, 0) is 69.0 Å². The van der Waals surface area contributed by atoms with Gasteiger partial charge in [0.15, 0.2) is 11.5 Å². The van der Waals surface area contributed by atoms with Crippen molar-refractivity contribution in [2.45, 2.75) is 77.9 Å². The van der Waals surface area contributed by atoms with Gasteiger partial charge in [-0.25, -0.2) is 4.68 Å². The van der Waals surface area contributed by atoms with Gasteiger partial charge < -0.3 is 20.1 Å². The Labute approximate surface area is 241 Å². The first-order valence-corrected chi connectivity index (χ1v) is 15.3. The standard InChI is InChI=1S/C31H41N5O3S/c1-6-9-10-11-17-39-25-16-15-23(20-26(25)38-8-3)28-27(29(37)33-24-14-12-13-21(4)19-24)22(5)32-30-34-31(35-36(28)30)40-18-7-2/h12-16,19-20,28H,6-11,17-18H2,1-5H3,(H,33,37)(H,32,34,35). The summed E-state index contributed by atoms with van der Waals surface area (Å²) in [7, 11) is 0. The fraction of sp³-hybridized carbons (Fsp3) is 0.452. The Bertz CT molecular complexity index is 1340. The number of hydrogen-bond acceptors (Lipinski definition) is 7. The van der Waals surface area contributed by atoms with E-state index in [1.54, 1.807) is 11.8 Å². The molecule has 0 saturated heterocycles. The van der Waals surface area contributed by atoms with Crippen LogP contribution in [-0.4, -0.2) is 39.6 Å². The van der Waals surface area contributed by atoms with Crippen LogP contribution >= 0.6 is 11.8 Å². The minimum absolute atomic E-state index is 0.196. The van der Waals surface area contributed by atoms with Crippen molar-refractivity contribution in [1.29, 1.82) is 0 Å². The van der Waals surface area contributed by atoms with Crippen LogP contribution in [0.5, 0.6) is 11.5 Å². The number of nitrogens with one attached hydrogen (secondary N) is 2. The normalized spacial score (nSPS) is 14.5. The van der Waals surface area contributed by atoms with Crippen LogP contribution in [-0.2, 0) is 4.79 Å². The Hall–Kier alpha value is -3.46. The van der Waals surface area contributed by atoms with Gasteiger partial charge in [-0.3, -0.25) is 4.79 Å². The molecular weight excluding hydrogens is 522 g/mol. The number of allylic oxidation sites excluding steroid dienone is 1. The molecule has 214 valence electrons. The molecule has 1 atom stereocenters. The summed E-state index contributed by atoms with van der Waals surface area (Å²) in [5.74, 6) is 2.70. The number of carbonyl (C=O) groups is 1. The summed E-state index contributed by atoms with van der Waals surface area (Å²) in [4.78, 5) is 18.6. The third-order valence-electron chi connectivity index (χ3n) is 6.63. The number of carbonyl (C=O) groups excluding carboxylic acids is 1. The van der Waals surface area contributed by atoms with Crippen LogP contribution in [0.3, 0.4) is 0 Å². The zero-order valence-corrected chi connectivity index (χ0v) is 25.1. The summed E-state index contributed by atoms with van der Waals surface area (Å²) in [5.41, 5.74) is 3.99. The van der Waals surface area contributed by atoms with Gasteiger partial charge >= 0.3 is 0 Å². The van der Waals surface area contributed by atoms with Crippen molar-refractivity contribution < 1.29 is 14.3 Å². The van der Waals surface area contributed by atoms with Crippen LogP contribution in [0.1, 0.15) is 77.0 Å². The van der Waals surface area contributed by atoms with Crippen LogP contribution in [0.2, 0.25) is 0 Å². The van der Waals surface area contributed by atoms with E-state index in [2.05, 4.69) is 24.5 Å². The lowest BCUT2D eigenvalue weighted by Gasteiger charge is -2.29. The summed E-state index contributed by atoms with van der Waals surface area (Å²) < 4.78 is 13.9. The van der Waals surface area contributed by atoms with Gasteiger partial charge in [0.2, 0.25) is 11.1 Å². The molecular formula is C31H41N5O3S. The second kappa shape index (κ2) is 14.3. The fourth-order valence-electron chi connectivity index (χ4n) is 4.70. The van der Waals surface area contributed by atoms with E-state index in [1.807, 2.05) is 67.9 Å². The Morgan fingerprint density at radius 2 is 1.88 bits per heavy atom. The lowest BCUT2D eigenvalue weighted by Crippen LogP contribution is -2.31. The molecule has 0 fully saturated rings. The average molecular weight is 564 g/mol. The van der Waals surface area contributed by atoms with Gasteiger partial charge in [0.25, 0.3) is 5.91 Å². The summed E-state index contributed by atoms with van der Waals surface area (Å²) in [6.45, 7) is 11.3. The van der Waals surface area contributed by atoms with Gasteiger partial charge in [-0.1, -0.05) is 63.1 Å². The van der Waals surface area contributed by atoms with E-state index < -0.39 is 6.04 Å². The van der Waals surface area contributed by atoms with E-state index in [-0.39, 0.29) is 5.91 Å². The fourth-order valence-corrected chi connectivity index (χ4v) is 5.39. The molecule has 0 saturated carbocycles. The van der Waals surface area contributed by atoms with Crippen LogP contribution in [0.15, 0.2) is 58.9 Å². The van der Waals surface area contributed by atoms with E-state index in [9.17, 15) is 4.79 Å². The van der Waals surface area contributed by atoms with Crippen molar-refractivity contribution in [3.8, 4) is 11.5 Å². The predicted molar refractivity (Wildman–Crippen MR) is 163 cm³/mol. The summed E-state index contributed by atoms with van der Waals surface area (Å²) in [6, 6.07) is 13.2. The Morgan fingerprint density at radius 3 is 2.62 bits per heavy atom. The molecule has 2 N–H and O–H groups in total. The molecule has 1 aliphatic rings. The minimum Gasteiger partial charge on any atom is -0.490 e. The van der Waals surface area contributed by atoms with Gasteiger partial charge in [0.1, 0.15) is 6.04 Å². The number of thioether (sulfide) groups is 1. The molecule has 1 aromatic heterocycles. The van der Waals surface area contributed by atoms with E-state index in [4.69, 9.17) is 19.6 Å². The highest BCUT2D eigenvalue weighted by Crippen LogP contribution is 2.40. The second-order valence-corrected chi connectivity index (χ2v) is 11.0. The van der Waals surface area contributed by atoms with Gasteiger partial charge in [0.05, 0.1) is 18.8 Å². The molecule has 3 aromatic rings. The van der Waals surface area contributed by atoms with Gasteiger partial charge in [0, 0.05) is 17.1 Å². The zero-order chi connectivity index (χ0) is 28.5. The molecule has 2 aromatic carbocycles. The quantitative estimate of drug-likeness (QED) is 0.156. The van der Waals surface area contributed by atoms with E-state index >= 15 is 0 Å². The van der Waals surface area contributed by atoms with Crippen molar-refractivity contribution >= 4 is 29.3 Å². The highest BCUT2D eigenvalue weighted by Gasteiger charge is 2.35. The molecule has 1 aliphatic heterocycles. The highest BCUT2D eigenvalue weighted by atomic mass is 32.2. The smallest absolute Gasteiger partial charge is 0.255 e. The van der Waals surface area contributed by atoms with E-state index in [0.717, 1.165) is 47.5 Å². The predicted octanol–water partition coefficient (Wildman–Crippen LogP) is 7.37. The summed E-state index contributed by atoms with van der Waals surface area (Å²) in [5, 5.41) is 11.9. The van der Waals surface area contributed by atoms with Crippen molar-refractivity contribution in [2.75, 3.05) is 29.6 Å². The maximum absolute atomic E-state index is 13.8. The van der Waals surface area contributed by atoms with Gasteiger partial charge in [-0.15, -0.1) is 5.10 Å². The van der Waals surface area contributed by atoms with E-state index in [1.165, 1.54) is 12.8 Å². The molecule has 4 rings (SSSR count). The number of amides is 1. The average Bonchev–Trinajstić information content (AvgIpc) is 3.34. The molecule has 0 spiro atoms. The molecule has 0 aliphatic carbocycles.